The summed E-state index contributed by atoms with van der Waals surface area (Å²) in [5.74, 6) is -0.0255. The molecule has 1 N–H and O–H groups in total. The molecule has 2 atom stereocenters. The predicted octanol–water partition coefficient (Wildman–Crippen LogP) is 2.46. The molecule has 1 aliphatic rings. The van der Waals surface area contributed by atoms with Gasteiger partial charge in [0.25, 0.3) is 0 Å². The van der Waals surface area contributed by atoms with E-state index in [1.165, 1.54) is 6.08 Å². The van der Waals surface area contributed by atoms with Crippen molar-refractivity contribution in [3.05, 3.63) is 45.2 Å². The smallest absolute Gasteiger partial charge is 0.230 e. The monoisotopic (exact) mass is 371 g/mol. The van der Waals surface area contributed by atoms with Gasteiger partial charge in [-0.1, -0.05) is 28.1 Å². The number of nitrogens with one attached hydrogen (secondary N) is 1. The van der Waals surface area contributed by atoms with Gasteiger partial charge in [0.1, 0.15) is 6.29 Å². The van der Waals surface area contributed by atoms with Gasteiger partial charge >= 0.3 is 0 Å². The fourth-order valence-corrected chi connectivity index (χ4v) is 2.78. The molecule has 7 heteroatoms. The van der Waals surface area contributed by atoms with Gasteiger partial charge in [0.05, 0.1) is 4.92 Å². The SMILES string of the molecule is CN1CC[C@@H](NC=CC(/C=C(/Br)C/C=C/[N+](=O)[O-])CC=O)C1. The first-order valence-electron chi connectivity index (χ1n) is 7.22. The molecule has 1 saturated heterocycles. The summed E-state index contributed by atoms with van der Waals surface area (Å²) in [6.07, 6.45) is 10.9. The summed E-state index contributed by atoms with van der Waals surface area (Å²) >= 11 is 3.38. The van der Waals surface area contributed by atoms with Gasteiger partial charge in [0, 0.05) is 31.3 Å². The molecule has 0 amide bonds. The van der Waals surface area contributed by atoms with E-state index in [9.17, 15) is 14.9 Å². The highest BCUT2D eigenvalue weighted by atomic mass is 79.9. The Hall–Kier alpha value is -1.47. The highest BCUT2D eigenvalue weighted by Crippen LogP contribution is 2.17. The molecular weight excluding hydrogens is 350 g/mol. The van der Waals surface area contributed by atoms with E-state index in [1.54, 1.807) is 0 Å². The lowest BCUT2D eigenvalue weighted by molar-refractivity contribution is -0.402. The van der Waals surface area contributed by atoms with E-state index in [-0.39, 0.29) is 5.92 Å². The number of aldehydes is 1. The molecule has 22 heavy (non-hydrogen) atoms. The number of hydrogen-bond donors (Lipinski definition) is 1. The first-order valence-corrected chi connectivity index (χ1v) is 8.01. The van der Waals surface area contributed by atoms with Crippen LogP contribution in [0.25, 0.3) is 0 Å². The van der Waals surface area contributed by atoms with E-state index in [4.69, 9.17) is 0 Å². The van der Waals surface area contributed by atoms with Crippen molar-refractivity contribution in [2.45, 2.75) is 25.3 Å². The number of hydrogen-bond acceptors (Lipinski definition) is 5. The van der Waals surface area contributed by atoms with Crippen LogP contribution in [-0.4, -0.2) is 42.3 Å². The Morgan fingerprint density at radius 2 is 2.36 bits per heavy atom. The normalized spacial score (nSPS) is 21.5. The van der Waals surface area contributed by atoms with Crippen LogP contribution in [0.2, 0.25) is 0 Å². The van der Waals surface area contributed by atoms with Crippen LogP contribution in [0.4, 0.5) is 0 Å². The number of rotatable bonds is 9. The molecule has 1 heterocycles. The summed E-state index contributed by atoms with van der Waals surface area (Å²) in [6.45, 7) is 2.12. The fraction of sp³-hybridized carbons (Fsp3) is 0.533. The van der Waals surface area contributed by atoms with Crippen LogP contribution in [0.3, 0.4) is 0 Å². The Morgan fingerprint density at radius 3 is 2.95 bits per heavy atom. The number of nitro groups is 1. The van der Waals surface area contributed by atoms with E-state index in [2.05, 4.69) is 33.2 Å². The van der Waals surface area contributed by atoms with E-state index in [0.29, 0.717) is 18.9 Å². The summed E-state index contributed by atoms with van der Waals surface area (Å²) in [4.78, 5) is 22.7. The molecule has 6 nitrogen and oxygen atoms in total. The lowest BCUT2D eigenvalue weighted by Crippen LogP contribution is -2.27. The van der Waals surface area contributed by atoms with E-state index in [0.717, 1.165) is 36.5 Å². The Morgan fingerprint density at radius 1 is 1.59 bits per heavy atom. The number of carbonyl (C=O) groups excluding carboxylic acids is 1. The zero-order valence-corrected chi connectivity index (χ0v) is 14.2. The molecule has 122 valence electrons. The third kappa shape index (κ3) is 8.09. The second-order valence-corrected chi connectivity index (χ2v) is 6.35. The molecule has 0 aliphatic carbocycles. The molecule has 0 aromatic heterocycles. The van der Waals surface area contributed by atoms with Crippen LogP contribution in [0.15, 0.2) is 35.1 Å². The third-order valence-electron chi connectivity index (χ3n) is 3.37. The molecule has 1 unspecified atom stereocenters. The Balaban J connectivity index is 2.49. The molecule has 0 aromatic carbocycles. The summed E-state index contributed by atoms with van der Waals surface area (Å²) in [7, 11) is 2.10. The molecular formula is C15H22BrN3O3. The van der Waals surface area contributed by atoms with Crippen molar-refractivity contribution < 1.29 is 9.72 Å². The number of halogens is 1. The van der Waals surface area contributed by atoms with Crippen LogP contribution < -0.4 is 5.32 Å². The van der Waals surface area contributed by atoms with Gasteiger partial charge in [0.2, 0.25) is 6.20 Å². The minimum absolute atomic E-state index is 0.0255. The molecule has 0 radical (unpaired) electrons. The van der Waals surface area contributed by atoms with Gasteiger partial charge in [-0.05, 0) is 36.8 Å². The molecule has 1 aliphatic heterocycles. The lowest BCUT2D eigenvalue weighted by Gasteiger charge is -2.11. The van der Waals surface area contributed by atoms with E-state index < -0.39 is 4.92 Å². The van der Waals surface area contributed by atoms with Gasteiger partial charge in [-0.15, -0.1) is 0 Å². The maximum Gasteiger partial charge on any atom is 0.230 e. The number of likely N-dealkylation sites (N-methyl/N-ethyl adjacent to an activating group) is 1. The number of carbonyl (C=O) groups is 1. The van der Waals surface area contributed by atoms with Gasteiger partial charge < -0.3 is 15.0 Å². The van der Waals surface area contributed by atoms with Crippen LogP contribution in [0.5, 0.6) is 0 Å². The van der Waals surface area contributed by atoms with Crippen molar-refractivity contribution in [3.63, 3.8) is 0 Å². The highest BCUT2D eigenvalue weighted by Gasteiger charge is 2.17. The predicted molar refractivity (Wildman–Crippen MR) is 90.1 cm³/mol. The average molecular weight is 372 g/mol. The van der Waals surface area contributed by atoms with Crippen molar-refractivity contribution in [2.75, 3.05) is 20.1 Å². The van der Waals surface area contributed by atoms with Crippen molar-refractivity contribution in [2.24, 2.45) is 5.92 Å². The standard InChI is InChI=1S/C15H22BrN3O3/c1-18-9-5-15(12-18)17-7-4-13(6-10-20)11-14(16)3-2-8-19(21)22/h2,4,7-8,10-11,13,15,17H,3,5-6,9,12H2,1H3/b7-4?,8-2+,14-11+/t13?,15-/m1/s1. The quantitative estimate of drug-likeness (QED) is 0.382. The Bertz CT molecular complexity index is 463. The zero-order valence-electron chi connectivity index (χ0n) is 12.7. The minimum Gasteiger partial charge on any atom is -0.387 e. The lowest BCUT2D eigenvalue weighted by atomic mass is 10.1. The van der Waals surface area contributed by atoms with Gasteiger partial charge in [-0.3, -0.25) is 10.1 Å². The number of likely N-dealkylation sites (tertiary alicyclic amines) is 1. The highest BCUT2D eigenvalue weighted by molar-refractivity contribution is 9.11. The van der Waals surface area contributed by atoms with Crippen molar-refractivity contribution in [3.8, 4) is 0 Å². The van der Waals surface area contributed by atoms with Crippen LogP contribution in [0.1, 0.15) is 19.3 Å². The van der Waals surface area contributed by atoms with Crippen molar-refractivity contribution >= 4 is 22.2 Å². The van der Waals surface area contributed by atoms with Gasteiger partial charge in [-0.2, -0.15) is 0 Å². The molecule has 0 aromatic rings. The Labute approximate surface area is 139 Å². The molecule has 1 rings (SSSR count). The molecule has 1 fully saturated rings. The second kappa shape index (κ2) is 10.3. The maximum atomic E-state index is 10.8. The molecule has 0 saturated carbocycles. The van der Waals surface area contributed by atoms with Gasteiger partial charge in [-0.25, -0.2) is 0 Å². The molecule has 0 spiro atoms. The summed E-state index contributed by atoms with van der Waals surface area (Å²) in [5, 5.41) is 13.6. The largest absolute Gasteiger partial charge is 0.387 e. The average Bonchev–Trinajstić information content (AvgIpc) is 2.84. The van der Waals surface area contributed by atoms with Crippen LogP contribution >= 0.6 is 15.9 Å². The van der Waals surface area contributed by atoms with Gasteiger partial charge in [0.15, 0.2) is 0 Å². The van der Waals surface area contributed by atoms with Crippen LogP contribution in [0, 0.1) is 16.0 Å². The zero-order chi connectivity index (χ0) is 16.4. The minimum atomic E-state index is -0.494. The third-order valence-corrected chi connectivity index (χ3v) is 3.96. The topological polar surface area (TPSA) is 75.5 Å². The second-order valence-electron chi connectivity index (χ2n) is 5.33. The summed E-state index contributed by atoms with van der Waals surface area (Å²) in [6, 6.07) is 0.452. The Kier molecular flexibility index (Phi) is 8.69. The van der Waals surface area contributed by atoms with Crippen molar-refractivity contribution in [1.82, 2.24) is 10.2 Å². The van der Waals surface area contributed by atoms with Crippen LogP contribution in [-0.2, 0) is 4.79 Å². The van der Waals surface area contributed by atoms with Crippen molar-refractivity contribution in [1.29, 1.82) is 0 Å². The van der Waals surface area contributed by atoms with E-state index >= 15 is 0 Å². The summed E-state index contributed by atoms with van der Waals surface area (Å²) < 4.78 is 0.822. The summed E-state index contributed by atoms with van der Waals surface area (Å²) in [5.41, 5.74) is 0. The van der Waals surface area contributed by atoms with E-state index in [1.807, 2.05) is 18.4 Å². The first-order chi connectivity index (χ1) is 10.5. The maximum absolute atomic E-state index is 10.8. The number of allylic oxidation sites excluding steroid dienone is 4. The first kappa shape index (κ1) is 18.6. The number of nitrogens with zero attached hydrogens (tertiary/aromatic N) is 2. The molecule has 0 bridgehead atoms. The fourth-order valence-electron chi connectivity index (χ4n) is 2.25.